The topological polar surface area (TPSA) is 68.0 Å². The van der Waals surface area contributed by atoms with E-state index in [1.165, 1.54) is 29.8 Å². The third kappa shape index (κ3) is 2.67. The molecule has 1 atom stereocenters. The van der Waals surface area contributed by atoms with Gasteiger partial charge in [0.25, 0.3) is 0 Å². The summed E-state index contributed by atoms with van der Waals surface area (Å²) in [5.74, 6) is 0.731. The molecule has 1 aromatic rings. The Kier molecular flexibility index (Phi) is 3.35. The second-order valence-electron chi connectivity index (χ2n) is 5.90. The normalized spacial score (nSPS) is 23.8. The van der Waals surface area contributed by atoms with Crippen molar-refractivity contribution in [2.45, 2.75) is 57.4 Å². The largest absolute Gasteiger partial charge is 0.317 e. The van der Waals surface area contributed by atoms with Gasteiger partial charge in [0.1, 0.15) is 0 Å². The molecule has 4 nitrogen and oxygen atoms in total. The van der Waals surface area contributed by atoms with Crippen LogP contribution in [0, 0.1) is 5.92 Å². The highest BCUT2D eigenvalue weighted by Gasteiger charge is 2.46. The number of anilines is 1. The molecule has 3 N–H and O–H groups in total. The van der Waals surface area contributed by atoms with E-state index in [-0.39, 0.29) is 5.91 Å². The fourth-order valence-corrected chi connectivity index (χ4v) is 3.85. The van der Waals surface area contributed by atoms with Crippen molar-refractivity contribution in [2.75, 3.05) is 5.32 Å². The first-order chi connectivity index (χ1) is 9.10. The number of aromatic nitrogens is 1. The molecule has 0 radical (unpaired) electrons. The zero-order valence-corrected chi connectivity index (χ0v) is 12.2. The van der Waals surface area contributed by atoms with Crippen LogP contribution < -0.4 is 11.1 Å². The van der Waals surface area contributed by atoms with Crippen LogP contribution in [0.3, 0.4) is 0 Å². The van der Waals surface area contributed by atoms with Crippen molar-refractivity contribution in [2.24, 2.45) is 11.7 Å². The van der Waals surface area contributed by atoms with Gasteiger partial charge < -0.3 is 11.1 Å². The van der Waals surface area contributed by atoms with Gasteiger partial charge in [-0.2, -0.15) is 0 Å². The molecule has 0 bridgehead atoms. The van der Waals surface area contributed by atoms with E-state index in [1.807, 2.05) is 0 Å². The van der Waals surface area contributed by atoms with Crippen molar-refractivity contribution < 1.29 is 4.79 Å². The van der Waals surface area contributed by atoms with Crippen LogP contribution >= 0.6 is 11.3 Å². The predicted octanol–water partition coefficient (Wildman–Crippen LogP) is 2.48. The zero-order valence-electron chi connectivity index (χ0n) is 11.4. The number of hydrogen-bond acceptors (Lipinski definition) is 4. The molecule has 0 saturated heterocycles. The number of nitrogens with zero attached hydrogens (tertiary/aromatic N) is 1. The number of thiazole rings is 1. The first kappa shape index (κ1) is 13.1. The smallest absolute Gasteiger partial charge is 0.246 e. The fourth-order valence-electron chi connectivity index (χ4n) is 2.73. The highest BCUT2D eigenvalue weighted by atomic mass is 32.1. The number of carbonyl (C=O) groups is 1. The first-order valence-corrected chi connectivity index (χ1v) is 8.01. The molecule has 1 aromatic heterocycles. The Balaban J connectivity index is 1.67. The zero-order chi connectivity index (χ0) is 13.5. The quantitative estimate of drug-likeness (QED) is 0.889. The molecule has 0 aromatic carbocycles. The van der Waals surface area contributed by atoms with Crippen LogP contribution in [0.15, 0.2) is 0 Å². The summed E-state index contributed by atoms with van der Waals surface area (Å²) in [6.07, 6.45) is 7.55. The summed E-state index contributed by atoms with van der Waals surface area (Å²) in [7, 11) is 0. The molecule has 0 spiro atoms. The Morgan fingerprint density at radius 2 is 2.37 bits per heavy atom. The molecule has 104 valence electrons. The van der Waals surface area contributed by atoms with Gasteiger partial charge in [-0.3, -0.25) is 4.79 Å². The van der Waals surface area contributed by atoms with E-state index < -0.39 is 5.54 Å². The second kappa shape index (κ2) is 4.87. The van der Waals surface area contributed by atoms with Crippen molar-refractivity contribution in [3.63, 3.8) is 0 Å². The number of nitrogens with one attached hydrogen (secondary N) is 1. The van der Waals surface area contributed by atoms with E-state index in [1.54, 1.807) is 11.3 Å². The van der Waals surface area contributed by atoms with Crippen LogP contribution in [0.25, 0.3) is 0 Å². The van der Waals surface area contributed by atoms with Crippen LogP contribution in [-0.4, -0.2) is 16.4 Å². The average molecular weight is 279 g/mol. The van der Waals surface area contributed by atoms with Crippen LogP contribution in [0.1, 0.15) is 49.6 Å². The molecule has 19 heavy (non-hydrogen) atoms. The lowest BCUT2D eigenvalue weighted by atomic mass is 9.88. The Morgan fingerprint density at radius 1 is 1.58 bits per heavy atom. The van der Waals surface area contributed by atoms with Crippen molar-refractivity contribution in [1.82, 2.24) is 4.98 Å². The SMILES string of the molecule is CCCC1CCc2nc(NC(=O)C3(N)CC3)sc2C1. The summed E-state index contributed by atoms with van der Waals surface area (Å²) in [5.41, 5.74) is 6.46. The first-order valence-electron chi connectivity index (χ1n) is 7.19. The molecule has 3 rings (SSSR count). The second-order valence-corrected chi connectivity index (χ2v) is 6.98. The van der Waals surface area contributed by atoms with Crippen LogP contribution in [0.2, 0.25) is 0 Å². The lowest BCUT2D eigenvalue weighted by molar-refractivity contribution is -0.118. The van der Waals surface area contributed by atoms with E-state index in [4.69, 9.17) is 5.73 Å². The van der Waals surface area contributed by atoms with Gasteiger partial charge in [0, 0.05) is 4.88 Å². The van der Waals surface area contributed by atoms with Crippen LogP contribution in [0.4, 0.5) is 5.13 Å². The minimum Gasteiger partial charge on any atom is -0.317 e. The molecule has 1 saturated carbocycles. The van der Waals surface area contributed by atoms with Gasteiger partial charge in [-0.1, -0.05) is 19.8 Å². The van der Waals surface area contributed by atoms with E-state index in [2.05, 4.69) is 17.2 Å². The Labute approximate surface area is 117 Å². The van der Waals surface area contributed by atoms with Gasteiger partial charge in [0.2, 0.25) is 5.91 Å². The summed E-state index contributed by atoms with van der Waals surface area (Å²) in [6, 6.07) is 0. The van der Waals surface area contributed by atoms with Gasteiger partial charge in [0.05, 0.1) is 11.2 Å². The van der Waals surface area contributed by atoms with E-state index >= 15 is 0 Å². The molecule has 1 fully saturated rings. The number of fused-ring (bicyclic) bond motifs is 1. The Hall–Kier alpha value is -0.940. The number of hydrogen-bond donors (Lipinski definition) is 2. The van der Waals surface area contributed by atoms with E-state index in [0.29, 0.717) is 0 Å². The fraction of sp³-hybridized carbons (Fsp3) is 0.714. The van der Waals surface area contributed by atoms with Crippen molar-refractivity contribution in [1.29, 1.82) is 0 Å². The highest BCUT2D eigenvalue weighted by molar-refractivity contribution is 7.15. The summed E-state index contributed by atoms with van der Waals surface area (Å²) in [5, 5.41) is 3.63. The maximum atomic E-state index is 11.9. The third-order valence-corrected chi connectivity index (χ3v) is 5.24. The molecular formula is C14H21N3OS. The summed E-state index contributed by atoms with van der Waals surface area (Å²) in [4.78, 5) is 17.8. The molecule has 1 heterocycles. The van der Waals surface area contributed by atoms with Gasteiger partial charge in [-0.15, -0.1) is 11.3 Å². The third-order valence-electron chi connectivity index (χ3n) is 4.20. The molecule has 5 heteroatoms. The molecule has 1 unspecified atom stereocenters. The van der Waals surface area contributed by atoms with Gasteiger partial charge in [-0.25, -0.2) is 4.98 Å². The minimum absolute atomic E-state index is 0.0660. The number of amides is 1. The molecule has 2 aliphatic rings. The van der Waals surface area contributed by atoms with Crippen LogP contribution in [0.5, 0.6) is 0 Å². The summed E-state index contributed by atoms with van der Waals surface area (Å²) < 4.78 is 0. The monoisotopic (exact) mass is 279 g/mol. The lowest BCUT2D eigenvalue weighted by Gasteiger charge is -2.19. The van der Waals surface area contributed by atoms with Crippen molar-refractivity contribution in [3.8, 4) is 0 Å². The average Bonchev–Trinajstić information content (AvgIpc) is 3.01. The standard InChI is InChI=1S/C14H21N3OS/c1-2-3-9-4-5-10-11(8-9)19-13(16-10)17-12(18)14(15)6-7-14/h9H,2-8,15H2,1H3,(H,16,17,18). The summed E-state index contributed by atoms with van der Waals surface area (Å²) >= 11 is 1.64. The van der Waals surface area contributed by atoms with Crippen molar-refractivity contribution >= 4 is 22.4 Å². The molecule has 0 aliphatic heterocycles. The number of nitrogens with two attached hydrogens (primary N) is 1. The molecule has 1 amide bonds. The maximum absolute atomic E-state index is 11.9. The summed E-state index contributed by atoms with van der Waals surface area (Å²) in [6.45, 7) is 2.24. The minimum atomic E-state index is -0.614. The number of aryl methyl sites for hydroxylation is 1. The number of rotatable bonds is 4. The predicted molar refractivity (Wildman–Crippen MR) is 77.3 cm³/mol. The van der Waals surface area contributed by atoms with Gasteiger partial charge >= 0.3 is 0 Å². The van der Waals surface area contributed by atoms with Gasteiger partial charge in [0.15, 0.2) is 5.13 Å². The Morgan fingerprint density at radius 3 is 3.05 bits per heavy atom. The highest BCUT2D eigenvalue weighted by Crippen LogP contribution is 2.36. The molecular weight excluding hydrogens is 258 g/mol. The molecule has 2 aliphatic carbocycles. The van der Waals surface area contributed by atoms with E-state index in [9.17, 15) is 4.79 Å². The Bertz CT molecular complexity index is 493. The lowest BCUT2D eigenvalue weighted by Crippen LogP contribution is -2.37. The number of carbonyl (C=O) groups excluding carboxylic acids is 1. The van der Waals surface area contributed by atoms with Gasteiger partial charge in [-0.05, 0) is 38.0 Å². The van der Waals surface area contributed by atoms with Crippen LogP contribution in [-0.2, 0) is 17.6 Å². The van der Waals surface area contributed by atoms with Crippen molar-refractivity contribution in [3.05, 3.63) is 10.6 Å². The van der Waals surface area contributed by atoms with E-state index in [0.717, 1.165) is 36.7 Å². The maximum Gasteiger partial charge on any atom is 0.246 e.